The average molecular weight is 277 g/mol. The summed E-state index contributed by atoms with van der Waals surface area (Å²) in [5, 5.41) is 10.1. The van der Waals surface area contributed by atoms with Crippen LogP contribution >= 0.6 is 0 Å². The summed E-state index contributed by atoms with van der Waals surface area (Å²) in [6.07, 6.45) is -4.96. The third-order valence-electron chi connectivity index (χ3n) is 2.02. The number of hydrogen-bond donors (Lipinski definition) is 2. The van der Waals surface area contributed by atoms with E-state index >= 15 is 0 Å². The van der Waals surface area contributed by atoms with Crippen LogP contribution in [0.4, 0.5) is 13.2 Å². The molecule has 1 aromatic rings. The fraction of sp³-hybridized carbons (Fsp3) is 0.273. The van der Waals surface area contributed by atoms with Crippen molar-refractivity contribution in [2.45, 2.75) is 12.7 Å². The molecular weight excluding hydrogens is 267 g/mol. The van der Waals surface area contributed by atoms with E-state index in [1.54, 1.807) is 5.32 Å². The maximum Gasteiger partial charge on any atom is 0.471 e. The third kappa shape index (κ3) is 4.86. The Morgan fingerprint density at radius 3 is 2.47 bits per heavy atom. The molecule has 19 heavy (non-hydrogen) atoms. The van der Waals surface area contributed by atoms with Gasteiger partial charge >= 0.3 is 18.1 Å². The normalized spacial score (nSPS) is 10.9. The summed E-state index contributed by atoms with van der Waals surface area (Å²) in [6.45, 7) is -1.03. The molecule has 0 aliphatic rings. The number of benzene rings is 1. The summed E-state index contributed by atoms with van der Waals surface area (Å²) in [5.74, 6) is -3.18. The van der Waals surface area contributed by atoms with Gasteiger partial charge < -0.3 is 15.2 Å². The molecule has 0 aromatic heterocycles. The molecule has 2 N–H and O–H groups in total. The molecule has 0 aliphatic heterocycles. The molecule has 0 saturated heterocycles. The van der Waals surface area contributed by atoms with Gasteiger partial charge in [-0.05, 0) is 6.07 Å². The number of carboxylic acids is 1. The quantitative estimate of drug-likeness (QED) is 0.851. The van der Waals surface area contributed by atoms with E-state index in [2.05, 4.69) is 0 Å². The highest BCUT2D eigenvalue weighted by molar-refractivity contribution is 5.81. The molecule has 1 amide bonds. The number of ether oxygens (including phenoxy) is 1. The van der Waals surface area contributed by atoms with Crippen LogP contribution < -0.4 is 10.1 Å². The zero-order valence-electron chi connectivity index (χ0n) is 9.53. The standard InChI is InChI=1S/C11H10F3NO4/c12-11(13,14)10(18)15-5-7-3-1-2-4-8(7)19-6-9(16)17/h1-4H,5-6H2,(H,15,18)(H,16,17). The number of hydrogen-bond acceptors (Lipinski definition) is 3. The van der Waals surface area contributed by atoms with Crippen molar-refractivity contribution in [3.8, 4) is 5.75 Å². The first kappa shape index (κ1) is 14.8. The summed E-state index contributed by atoms with van der Waals surface area (Å²) in [7, 11) is 0. The highest BCUT2D eigenvalue weighted by Gasteiger charge is 2.38. The van der Waals surface area contributed by atoms with Crippen LogP contribution in [0.25, 0.3) is 0 Å². The summed E-state index contributed by atoms with van der Waals surface area (Å²) >= 11 is 0. The van der Waals surface area contributed by atoms with Gasteiger partial charge in [0.1, 0.15) is 5.75 Å². The number of alkyl halides is 3. The van der Waals surface area contributed by atoms with Crippen molar-refractivity contribution >= 4 is 11.9 Å². The maximum atomic E-state index is 12.0. The van der Waals surface area contributed by atoms with Gasteiger partial charge in [0.2, 0.25) is 0 Å². The minimum Gasteiger partial charge on any atom is -0.482 e. The van der Waals surface area contributed by atoms with Gasteiger partial charge in [-0.15, -0.1) is 0 Å². The first-order chi connectivity index (χ1) is 8.80. The van der Waals surface area contributed by atoms with Crippen LogP contribution in [0.15, 0.2) is 24.3 Å². The van der Waals surface area contributed by atoms with Crippen LogP contribution in [0.1, 0.15) is 5.56 Å². The van der Waals surface area contributed by atoms with Crippen molar-refractivity contribution in [1.29, 1.82) is 0 Å². The first-order valence-electron chi connectivity index (χ1n) is 5.08. The third-order valence-corrected chi connectivity index (χ3v) is 2.02. The van der Waals surface area contributed by atoms with E-state index in [-0.39, 0.29) is 11.3 Å². The van der Waals surface area contributed by atoms with Gasteiger partial charge in [0.15, 0.2) is 6.61 Å². The largest absolute Gasteiger partial charge is 0.482 e. The summed E-state index contributed by atoms with van der Waals surface area (Å²) in [4.78, 5) is 21.0. The SMILES string of the molecule is O=C(O)COc1ccccc1CNC(=O)C(F)(F)F. The zero-order valence-corrected chi connectivity index (χ0v) is 9.53. The molecule has 0 fully saturated rings. The lowest BCUT2D eigenvalue weighted by atomic mass is 10.2. The molecule has 0 radical (unpaired) electrons. The van der Waals surface area contributed by atoms with Crippen molar-refractivity contribution in [2.24, 2.45) is 0 Å². The second-order valence-electron chi connectivity index (χ2n) is 3.47. The number of rotatable bonds is 5. The Morgan fingerprint density at radius 1 is 1.26 bits per heavy atom. The van der Waals surface area contributed by atoms with Crippen molar-refractivity contribution in [1.82, 2.24) is 5.32 Å². The van der Waals surface area contributed by atoms with Crippen LogP contribution in [-0.2, 0) is 16.1 Å². The lowest BCUT2D eigenvalue weighted by molar-refractivity contribution is -0.173. The van der Waals surface area contributed by atoms with Crippen LogP contribution in [0.5, 0.6) is 5.75 Å². The van der Waals surface area contributed by atoms with Gasteiger partial charge in [-0.25, -0.2) is 4.79 Å². The summed E-state index contributed by atoms with van der Waals surface area (Å²) < 4.78 is 40.8. The van der Waals surface area contributed by atoms with Crippen molar-refractivity contribution in [3.05, 3.63) is 29.8 Å². The van der Waals surface area contributed by atoms with E-state index in [1.165, 1.54) is 24.3 Å². The van der Waals surface area contributed by atoms with E-state index in [0.29, 0.717) is 0 Å². The molecule has 104 valence electrons. The minimum atomic E-state index is -4.96. The molecule has 0 spiro atoms. The molecule has 0 unspecified atom stereocenters. The van der Waals surface area contributed by atoms with E-state index < -0.39 is 31.2 Å². The number of halogens is 3. The number of amides is 1. The van der Waals surface area contributed by atoms with Crippen LogP contribution in [0.2, 0.25) is 0 Å². The fourth-order valence-electron chi connectivity index (χ4n) is 1.21. The number of para-hydroxylation sites is 1. The van der Waals surface area contributed by atoms with Crippen molar-refractivity contribution in [2.75, 3.05) is 6.61 Å². The minimum absolute atomic E-state index is 0.104. The molecule has 0 atom stereocenters. The van der Waals surface area contributed by atoms with E-state index in [0.717, 1.165) is 0 Å². The van der Waals surface area contributed by atoms with E-state index in [4.69, 9.17) is 9.84 Å². The molecule has 8 heteroatoms. The smallest absolute Gasteiger partial charge is 0.471 e. The lowest BCUT2D eigenvalue weighted by Gasteiger charge is -2.11. The van der Waals surface area contributed by atoms with Crippen LogP contribution in [0, 0.1) is 0 Å². The molecule has 1 rings (SSSR count). The Bertz CT molecular complexity index is 473. The molecule has 0 saturated carbocycles. The lowest BCUT2D eigenvalue weighted by Crippen LogP contribution is -2.36. The molecular formula is C11H10F3NO4. The summed E-state index contributed by atoms with van der Waals surface area (Å²) in [6, 6.07) is 5.89. The van der Waals surface area contributed by atoms with Crippen molar-refractivity contribution < 1.29 is 32.6 Å². The predicted molar refractivity (Wildman–Crippen MR) is 57.5 cm³/mol. The Balaban J connectivity index is 2.68. The molecule has 1 aromatic carbocycles. The van der Waals surface area contributed by atoms with Gasteiger partial charge in [-0.2, -0.15) is 13.2 Å². The number of nitrogens with one attached hydrogen (secondary N) is 1. The Labute approximate surface area is 106 Å². The van der Waals surface area contributed by atoms with E-state index in [9.17, 15) is 22.8 Å². The Morgan fingerprint density at radius 2 is 1.89 bits per heavy atom. The van der Waals surface area contributed by atoms with Gasteiger partial charge in [-0.3, -0.25) is 4.79 Å². The molecule has 0 aliphatic carbocycles. The number of carbonyl (C=O) groups is 2. The van der Waals surface area contributed by atoms with Gasteiger partial charge in [0.25, 0.3) is 0 Å². The highest BCUT2D eigenvalue weighted by Crippen LogP contribution is 2.19. The van der Waals surface area contributed by atoms with Crippen molar-refractivity contribution in [3.63, 3.8) is 0 Å². The van der Waals surface area contributed by atoms with Crippen LogP contribution in [-0.4, -0.2) is 29.8 Å². The molecule has 0 heterocycles. The number of aliphatic carboxylic acids is 1. The molecule has 0 bridgehead atoms. The number of carboxylic acid groups (broad SMARTS) is 1. The Hall–Kier alpha value is -2.25. The monoisotopic (exact) mass is 277 g/mol. The second kappa shape index (κ2) is 6.07. The first-order valence-corrected chi connectivity index (χ1v) is 5.08. The van der Waals surface area contributed by atoms with E-state index in [1.807, 2.05) is 0 Å². The van der Waals surface area contributed by atoms with Gasteiger partial charge in [0, 0.05) is 12.1 Å². The maximum absolute atomic E-state index is 12.0. The molecule has 5 nitrogen and oxygen atoms in total. The van der Waals surface area contributed by atoms with Crippen LogP contribution in [0.3, 0.4) is 0 Å². The average Bonchev–Trinajstić information content (AvgIpc) is 2.33. The van der Waals surface area contributed by atoms with Gasteiger partial charge in [0.05, 0.1) is 0 Å². The second-order valence-corrected chi connectivity index (χ2v) is 3.47. The Kier molecular flexibility index (Phi) is 4.74. The summed E-state index contributed by atoms with van der Waals surface area (Å²) in [5.41, 5.74) is 0.251. The van der Waals surface area contributed by atoms with Gasteiger partial charge in [-0.1, -0.05) is 18.2 Å². The number of carbonyl (C=O) groups excluding carboxylic acids is 1. The topological polar surface area (TPSA) is 75.6 Å². The predicted octanol–water partition coefficient (Wildman–Crippen LogP) is 1.33. The zero-order chi connectivity index (χ0) is 14.5. The fourth-order valence-corrected chi connectivity index (χ4v) is 1.21. The highest BCUT2D eigenvalue weighted by atomic mass is 19.4.